The van der Waals surface area contributed by atoms with Gasteiger partial charge in [-0.1, -0.05) is 35.4 Å². The van der Waals surface area contributed by atoms with Crippen molar-refractivity contribution in [1.29, 1.82) is 0 Å². The van der Waals surface area contributed by atoms with E-state index in [1.165, 1.54) is 47.7 Å². The first kappa shape index (κ1) is 31.3. The number of halogens is 2. The van der Waals surface area contributed by atoms with E-state index in [2.05, 4.69) is 10.1 Å². The highest BCUT2D eigenvalue weighted by Gasteiger charge is 2.46. The summed E-state index contributed by atoms with van der Waals surface area (Å²) in [5, 5.41) is 3.98. The smallest absolute Gasteiger partial charge is 0.297 e. The minimum absolute atomic E-state index is 0.00970. The first-order valence-electron chi connectivity index (χ1n) is 12.4. The lowest BCUT2D eigenvalue weighted by molar-refractivity contribution is -0.192. The van der Waals surface area contributed by atoms with Gasteiger partial charge in [-0.3, -0.25) is 8.74 Å². The van der Waals surface area contributed by atoms with E-state index in [9.17, 15) is 25.6 Å². The van der Waals surface area contributed by atoms with Gasteiger partial charge in [-0.2, -0.15) is 21.9 Å². The van der Waals surface area contributed by atoms with Crippen molar-refractivity contribution in [2.45, 2.75) is 42.1 Å². The maximum atomic E-state index is 14.6. The highest BCUT2D eigenvalue weighted by molar-refractivity contribution is 7.86. The van der Waals surface area contributed by atoms with Crippen molar-refractivity contribution in [1.82, 2.24) is 14.8 Å². The van der Waals surface area contributed by atoms with Crippen molar-refractivity contribution >= 4 is 20.2 Å². The van der Waals surface area contributed by atoms with Gasteiger partial charge in [-0.25, -0.2) is 18.4 Å². The summed E-state index contributed by atoms with van der Waals surface area (Å²) in [4.78, 5) is 3.78. The molecule has 15 heteroatoms. The van der Waals surface area contributed by atoms with E-state index in [1.54, 1.807) is 24.3 Å². The standard InChI is InChI=1S/C20H19F2N3O5S.C7H8O3S/c1-14-2-5-17(6-3-14)31(26,27)29-10-16-9-28-20(30-16,11-25-13-23-12-24-25)18-7-4-15(21)8-19(18)22;1-6-2-4-7(5-3-6)11(8,9)10/h2-8,12-13,16H,9-11H2,1H3;2-5H,1H3,(H,8,9,10)/t16-,20+;/m1./s1. The van der Waals surface area contributed by atoms with Gasteiger partial charge in [0.2, 0.25) is 5.79 Å². The van der Waals surface area contributed by atoms with Gasteiger partial charge in [0.05, 0.1) is 23.0 Å². The second kappa shape index (κ2) is 12.7. The number of aromatic nitrogens is 3. The van der Waals surface area contributed by atoms with Gasteiger partial charge < -0.3 is 9.47 Å². The molecule has 1 aromatic heterocycles. The van der Waals surface area contributed by atoms with Crippen LogP contribution >= 0.6 is 0 Å². The van der Waals surface area contributed by atoms with Crippen molar-refractivity contribution < 1.29 is 43.8 Å². The maximum Gasteiger partial charge on any atom is 0.297 e. The van der Waals surface area contributed by atoms with E-state index < -0.39 is 43.8 Å². The van der Waals surface area contributed by atoms with Crippen LogP contribution in [-0.2, 0) is 46.2 Å². The van der Waals surface area contributed by atoms with Crippen LogP contribution < -0.4 is 0 Å². The first-order valence-corrected chi connectivity index (χ1v) is 15.2. The van der Waals surface area contributed by atoms with Crippen LogP contribution in [0.2, 0.25) is 0 Å². The molecule has 1 N–H and O–H groups in total. The van der Waals surface area contributed by atoms with Gasteiger partial charge in [0.25, 0.3) is 20.2 Å². The predicted octanol–water partition coefficient (Wildman–Crippen LogP) is 3.78. The zero-order valence-electron chi connectivity index (χ0n) is 22.4. The molecule has 0 spiro atoms. The number of hydrogen-bond acceptors (Lipinski definition) is 9. The van der Waals surface area contributed by atoms with Crippen molar-refractivity contribution in [3.05, 3.63) is 108 Å². The summed E-state index contributed by atoms with van der Waals surface area (Å²) in [5.74, 6) is -3.28. The molecule has 3 aromatic carbocycles. The van der Waals surface area contributed by atoms with Crippen LogP contribution in [0.5, 0.6) is 0 Å². The highest BCUT2D eigenvalue weighted by Crippen LogP contribution is 2.38. The molecule has 0 saturated carbocycles. The minimum atomic E-state index is -4.02. The molecular weight excluding hydrogens is 596 g/mol. The molecule has 11 nitrogen and oxygen atoms in total. The zero-order chi connectivity index (χ0) is 30.5. The van der Waals surface area contributed by atoms with Crippen molar-refractivity contribution in [3.63, 3.8) is 0 Å². The third-order valence-electron chi connectivity index (χ3n) is 6.08. The zero-order valence-corrected chi connectivity index (χ0v) is 24.1. The molecule has 0 bridgehead atoms. The largest absolute Gasteiger partial charge is 0.341 e. The molecule has 42 heavy (non-hydrogen) atoms. The Morgan fingerprint density at radius 1 is 0.976 bits per heavy atom. The SMILES string of the molecule is Cc1ccc(S(=O)(=O)O)cc1.Cc1ccc(S(=O)(=O)OC[C@H]2CO[C@](Cn3cncn3)(c3ccc(F)cc3F)O2)cc1. The summed E-state index contributed by atoms with van der Waals surface area (Å²) >= 11 is 0. The number of hydrogen-bond donors (Lipinski definition) is 1. The summed E-state index contributed by atoms with van der Waals surface area (Å²) in [6.07, 6.45) is 1.85. The molecule has 2 heterocycles. The molecule has 1 saturated heterocycles. The Balaban J connectivity index is 0.000000310. The summed E-state index contributed by atoms with van der Waals surface area (Å²) in [6, 6.07) is 15.2. The Kier molecular flexibility index (Phi) is 9.50. The number of nitrogens with zero attached hydrogens (tertiary/aromatic N) is 3. The fourth-order valence-electron chi connectivity index (χ4n) is 3.93. The van der Waals surface area contributed by atoms with Crippen LogP contribution in [-0.4, -0.2) is 55.5 Å². The Morgan fingerprint density at radius 3 is 2.14 bits per heavy atom. The molecule has 0 aliphatic carbocycles. The van der Waals surface area contributed by atoms with E-state index in [0.29, 0.717) is 0 Å². The second-order valence-electron chi connectivity index (χ2n) is 9.36. The third kappa shape index (κ3) is 7.81. The molecule has 4 aromatic rings. The number of ether oxygens (including phenoxy) is 2. The fourth-order valence-corrected chi connectivity index (χ4v) is 5.35. The van der Waals surface area contributed by atoms with Crippen LogP contribution in [0.15, 0.2) is 89.2 Å². The third-order valence-corrected chi connectivity index (χ3v) is 8.24. The predicted molar refractivity (Wildman–Crippen MR) is 144 cm³/mol. The number of benzene rings is 3. The van der Waals surface area contributed by atoms with Crippen LogP contribution in [0.25, 0.3) is 0 Å². The monoisotopic (exact) mass is 623 g/mol. The summed E-state index contributed by atoms with van der Waals surface area (Å²) < 4.78 is 101. The maximum absolute atomic E-state index is 14.6. The Labute approximate surface area is 241 Å². The molecule has 1 fully saturated rings. The van der Waals surface area contributed by atoms with E-state index in [4.69, 9.17) is 18.2 Å². The highest BCUT2D eigenvalue weighted by atomic mass is 32.2. The molecule has 0 amide bonds. The molecular formula is C27H27F2N3O8S2. The quantitative estimate of drug-likeness (QED) is 0.227. The fraction of sp³-hybridized carbons (Fsp3) is 0.259. The molecule has 0 radical (unpaired) electrons. The molecule has 0 unspecified atom stereocenters. The van der Waals surface area contributed by atoms with Crippen molar-refractivity contribution in [3.8, 4) is 0 Å². The van der Waals surface area contributed by atoms with Gasteiger partial charge in [0, 0.05) is 11.6 Å². The van der Waals surface area contributed by atoms with Gasteiger partial charge in [0.1, 0.15) is 36.9 Å². The van der Waals surface area contributed by atoms with Gasteiger partial charge in [-0.05, 0) is 50.2 Å². The number of aryl methyl sites for hydroxylation is 2. The van der Waals surface area contributed by atoms with E-state index >= 15 is 0 Å². The van der Waals surface area contributed by atoms with Gasteiger partial charge in [-0.15, -0.1) is 0 Å². The summed E-state index contributed by atoms with van der Waals surface area (Å²) in [6.45, 7) is 3.17. The van der Waals surface area contributed by atoms with Crippen molar-refractivity contribution in [2.75, 3.05) is 13.2 Å². The van der Waals surface area contributed by atoms with E-state index in [0.717, 1.165) is 23.3 Å². The second-order valence-corrected chi connectivity index (χ2v) is 12.4. The summed E-state index contributed by atoms with van der Waals surface area (Å²) in [5.41, 5.74) is 1.82. The topological polar surface area (TPSA) is 147 Å². The molecule has 2 atom stereocenters. The molecule has 5 rings (SSSR count). The van der Waals surface area contributed by atoms with Crippen LogP contribution in [0, 0.1) is 25.5 Å². The minimum Gasteiger partial charge on any atom is -0.341 e. The molecule has 1 aliphatic rings. The molecule has 224 valence electrons. The van der Waals surface area contributed by atoms with Crippen LogP contribution in [0.3, 0.4) is 0 Å². The average Bonchev–Trinajstić information content (AvgIpc) is 3.59. The van der Waals surface area contributed by atoms with Crippen LogP contribution in [0.4, 0.5) is 8.78 Å². The summed E-state index contributed by atoms with van der Waals surface area (Å²) in [7, 11) is -8.04. The van der Waals surface area contributed by atoms with Crippen LogP contribution in [0.1, 0.15) is 16.7 Å². The Hall–Kier alpha value is -3.60. The van der Waals surface area contributed by atoms with E-state index in [-0.39, 0.29) is 35.1 Å². The van der Waals surface area contributed by atoms with Gasteiger partial charge >= 0.3 is 0 Å². The lowest BCUT2D eigenvalue weighted by Gasteiger charge is -2.28. The van der Waals surface area contributed by atoms with Crippen molar-refractivity contribution in [2.24, 2.45) is 0 Å². The average molecular weight is 624 g/mol. The van der Waals surface area contributed by atoms with E-state index in [1.807, 2.05) is 13.8 Å². The first-order chi connectivity index (χ1) is 19.8. The molecule has 1 aliphatic heterocycles. The Bertz CT molecular complexity index is 1720. The normalized spacial score (nSPS) is 18.8. The Morgan fingerprint density at radius 2 is 1.60 bits per heavy atom. The van der Waals surface area contributed by atoms with Gasteiger partial charge in [0.15, 0.2) is 0 Å². The number of rotatable bonds is 8. The lowest BCUT2D eigenvalue weighted by Crippen LogP contribution is -2.35. The lowest BCUT2D eigenvalue weighted by atomic mass is 10.0.